The molecule has 0 bridgehead atoms. The Bertz CT molecular complexity index is 511. The first kappa shape index (κ1) is 9.34. The second kappa shape index (κ2) is 3.17. The summed E-state index contributed by atoms with van der Waals surface area (Å²) in [6, 6.07) is 3.43. The third kappa shape index (κ3) is 1.34. The van der Waals surface area contributed by atoms with E-state index in [1.807, 2.05) is 0 Å². The van der Waals surface area contributed by atoms with Crippen LogP contribution in [0.3, 0.4) is 0 Å². The van der Waals surface area contributed by atoms with Crippen molar-refractivity contribution < 1.29 is 4.39 Å². The van der Waals surface area contributed by atoms with E-state index < -0.39 is 0 Å². The molecular weight excluding hydrogens is 203 g/mol. The molecule has 0 aliphatic rings. The van der Waals surface area contributed by atoms with Crippen molar-refractivity contribution in [1.29, 1.82) is 0 Å². The normalized spacial score (nSPS) is 10.9. The Morgan fingerprint density at radius 1 is 1.21 bits per heavy atom. The Morgan fingerprint density at radius 2 is 1.93 bits per heavy atom. The van der Waals surface area contributed by atoms with E-state index >= 15 is 0 Å². The van der Waals surface area contributed by atoms with Crippen molar-refractivity contribution in [3.8, 4) is 0 Å². The fourth-order valence-corrected chi connectivity index (χ4v) is 1.64. The van der Waals surface area contributed by atoms with Gasteiger partial charge in [-0.1, -0.05) is 6.07 Å². The third-order valence-corrected chi connectivity index (χ3v) is 2.32. The summed E-state index contributed by atoms with van der Waals surface area (Å²) < 4.78 is 13.7. The van der Waals surface area contributed by atoms with Crippen LogP contribution >= 0.6 is 11.6 Å². The highest BCUT2D eigenvalue weighted by Crippen LogP contribution is 2.22. The molecule has 14 heavy (non-hydrogen) atoms. The molecule has 1 aromatic heterocycles. The van der Waals surface area contributed by atoms with Gasteiger partial charge in [0.2, 0.25) is 5.28 Å². The zero-order valence-corrected chi connectivity index (χ0v) is 8.56. The predicted octanol–water partition coefficient (Wildman–Crippen LogP) is 3.04. The third-order valence-electron chi connectivity index (χ3n) is 2.15. The first-order valence-electron chi connectivity index (χ1n) is 4.18. The second-order valence-electron chi connectivity index (χ2n) is 3.17. The molecule has 1 heterocycles. The molecule has 0 saturated carbocycles. The van der Waals surface area contributed by atoms with E-state index in [1.54, 1.807) is 26.0 Å². The van der Waals surface area contributed by atoms with Crippen molar-refractivity contribution in [2.24, 2.45) is 0 Å². The number of nitrogens with zero attached hydrogens (tertiary/aromatic N) is 2. The fourth-order valence-electron chi connectivity index (χ4n) is 1.43. The minimum absolute atomic E-state index is 0.151. The van der Waals surface area contributed by atoms with Crippen LogP contribution in [0.25, 0.3) is 10.9 Å². The number of halogens is 2. The van der Waals surface area contributed by atoms with Crippen LogP contribution in [0.5, 0.6) is 0 Å². The van der Waals surface area contributed by atoms with Crippen LogP contribution in [-0.2, 0) is 0 Å². The van der Waals surface area contributed by atoms with Crippen LogP contribution in [0.4, 0.5) is 4.39 Å². The molecule has 0 unspecified atom stereocenters. The number of aromatic nitrogens is 2. The van der Waals surface area contributed by atoms with Gasteiger partial charge in [-0.3, -0.25) is 0 Å². The van der Waals surface area contributed by atoms with Gasteiger partial charge in [-0.2, -0.15) is 0 Å². The summed E-state index contributed by atoms with van der Waals surface area (Å²) in [6.07, 6.45) is 0. The first-order chi connectivity index (χ1) is 6.59. The van der Waals surface area contributed by atoms with Crippen molar-refractivity contribution in [1.82, 2.24) is 9.97 Å². The van der Waals surface area contributed by atoms with Crippen LogP contribution < -0.4 is 0 Å². The summed E-state index contributed by atoms with van der Waals surface area (Å²) in [4.78, 5) is 7.87. The fraction of sp³-hybridized carbons (Fsp3) is 0.200. The zero-order valence-electron chi connectivity index (χ0n) is 7.81. The summed E-state index contributed by atoms with van der Waals surface area (Å²) in [5.74, 6) is -0.267. The van der Waals surface area contributed by atoms with E-state index in [4.69, 9.17) is 11.6 Å². The molecule has 0 spiro atoms. The van der Waals surface area contributed by atoms with Gasteiger partial charge < -0.3 is 0 Å². The smallest absolute Gasteiger partial charge is 0.223 e. The van der Waals surface area contributed by atoms with Gasteiger partial charge in [0, 0.05) is 0 Å². The predicted molar refractivity (Wildman–Crippen MR) is 54.0 cm³/mol. The van der Waals surface area contributed by atoms with Crippen LogP contribution in [0.1, 0.15) is 11.3 Å². The maximum Gasteiger partial charge on any atom is 0.223 e. The van der Waals surface area contributed by atoms with E-state index in [1.165, 1.54) is 0 Å². The van der Waals surface area contributed by atoms with Gasteiger partial charge in [0.1, 0.15) is 5.82 Å². The Balaban J connectivity index is 2.95. The molecule has 2 rings (SSSR count). The number of benzene rings is 1. The number of hydrogen-bond donors (Lipinski definition) is 0. The highest BCUT2D eigenvalue weighted by molar-refractivity contribution is 6.28. The number of aryl methyl sites for hydroxylation is 2. The lowest BCUT2D eigenvalue weighted by atomic mass is 10.1. The molecule has 1 aromatic carbocycles. The Kier molecular flexibility index (Phi) is 2.11. The summed E-state index contributed by atoms with van der Waals surface area (Å²) in [7, 11) is 0. The molecular formula is C10H8ClFN2. The van der Waals surface area contributed by atoms with Crippen LogP contribution in [0, 0.1) is 19.7 Å². The molecule has 2 aromatic rings. The number of rotatable bonds is 0. The highest BCUT2D eigenvalue weighted by Gasteiger charge is 2.09. The van der Waals surface area contributed by atoms with Crippen molar-refractivity contribution in [2.75, 3.05) is 0 Å². The van der Waals surface area contributed by atoms with Gasteiger partial charge in [0.25, 0.3) is 0 Å². The van der Waals surface area contributed by atoms with E-state index in [-0.39, 0.29) is 11.1 Å². The van der Waals surface area contributed by atoms with Crippen molar-refractivity contribution in [2.45, 2.75) is 13.8 Å². The molecule has 4 heteroatoms. The van der Waals surface area contributed by atoms with E-state index in [0.29, 0.717) is 22.2 Å². The quantitative estimate of drug-likeness (QED) is 0.625. The lowest BCUT2D eigenvalue weighted by Crippen LogP contribution is -1.94. The van der Waals surface area contributed by atoms with E-state index in [2.05, 4.69) is 9.97 Å². The van der Waals surface area contributed by atoms with Crippen LogP contribution in [-0.4, -0.2) is 9.97 Å². The average molecular weight is 211 g/mol. The van der Waals surface area contributed by atoms with Crippen LogP contribution in [0.15, 0.2) is 12.1 Å². The maximum atomic E-state index is 13.7. The van der Waals surface area contributed by atoms with Crippen LogP contribution in [0.2, 0.25) is 5.28 Å². The van der Waals surface area contributed by atoms with Crippen molar-refractivity contribution >= 4 is 22.5 Å². The minimum Gasteiger partial charge on any atom is -0.223 e. The zero-order chi connectivity index (χ0) is 10.3. The standard InChI is InChI=1S/C10H8ClFN2/c1-5-3-4-7-8(9(5)12)6(2)13-10(11)14-7/h3-4H,1-2H3. The average Bonchev–Trinajstić information content (AvgIpc) is 2.10. The van der Waals surface area contributed by atoms with Crippen molar-refractivity contribution in [3.05, 3.63) is 34.5 Å². The molecule has 0 aliphatic carbocycles. The molecule has 0 radical (unpaired) electrons. The van der Waals surface area contributed by atoms with Gasteiger partial charge >= 0.3 is 0 Å². The summed E-state index contributed by atoms with van der Waals surface area (Å²) in [6.45, 7) is 3.43. The number of hydrogen-bond acceptors (Lipinski definition) is 2. The first-order valence-corrected chi connectivity index (χ1v) is 4.56. The summed E-state index contributed by atoms with van der Waals surface area (Å²) >= 11 is 5.67. The van der Waals surface area contributed by atoms with Gasteiger partial charge in [0.15, 0.2) is 0 Å². The lowest BCUT2D eigenvalue weighted by molar-refractivity contribution is 0.629. The Labute approximate surface area is 85.8 Å². The Hall–Kier alpha value is -1.22. The highest BCUT2D eigenvalue weighted by atomic mass is 35.5. The van der Waals surface area contributed by atoms with Crippen molar-refractivity contribution in [3.63, 3.8) is 0 Å². The monoisotopic (exact) mass is 210 g/mol. The van der Waals surface area contributed by atoms with E-state index in [0.717, 1.165) is 0 Å². The molecule has 72 valence electrons. The largest absolute Gasteiger partial charge is 0.223 e. The molecule has 0 N–H and O–H groups in total. The van der Waals surface area contributed by atoms with Gasteiger partial charge in [-0.05, 0) is 37.1 Å². The molecule has 0 aliphatic heterocycles. The van der Waals surface area contributed by atoms with Gasteiger partial charge in [-0.15, -0.1) is 0 Å². The topological polar surface area (TPSA) is 25.8 Å². The maximum absolute atomic E-state index is 13.7. The minimum atomic E-state index is -0.267. The summed E-state index contributed by atoms with van der Waals surface area (Å²) in [5, 5.41) is 0.604. The summed E-state index contributed by atoms with van der Waals surface area (Å²) in [5.41, 5.74) is 1.71. The molecule has 0 saturated heterocycles. The SMILES string of the molecule is Cc1ccc2nc(Cl)nc(C)c2c1F. The molecule has 0 amide bonds. The lowest BCUT2D eigenvalue weighted by Gasteiger charge is -2.04. The van der Waals surface area contributed by atoms with E-state index in [9.17, 15) is 4.39 Å². The Morgan fingerprint density at radius 3 is 2.64 bits per heavy atom. The van der Waals surface area contributed by atoms with Gasteiger partial charge in [-0.25, -0.2) is 14.4 Å². The molecule has 0 atom stereocenters. The van der Waals surface area contributed by atoms with Gasteiger partial charge in [0.05, 0.1) is 16.6 Å². The second-order valence-corrected chi connectivity index (χ2v) is 3.51. The molecule has 0 fully saturated rings. The molecule has 2 nitrogen and oxygen atoms in total. The number of fused-ring (bicyclic) bond motifs is 1.